The van der Waals surface area contributed by atoms with E-state index in [1.807, 2.05) is 30.3 Å². The van der Waals surface area contributed by atoms with E-state index in [-0.39, 0.29) is 23.3 Å². The number of phenols is 1. The second-order valence-electron chi connectivity index (χ2n) is 7.35. The number of hydrogen-bond donors (Lipinski definition) is 2. The highest BCUT2D eigenvalue weighted by Crippen LogP contribution is 2.31. The van der Waals surface area contributed by atoms with E-state index in [1.165, 1.54) is 13.2 Å². The normalized spacial score (nSPS) is 14.4. The number of aliphatic imine (C=N–C) groups is 1. The lowest BCUT2D eigenvalue weighted by molar-refractivity contribution is -0.116. The maximum Gasteiger partial charge on any atom is 0.282 e. The average Bonchev–Trinajstić information content (AvgIpc) is 3.17. The number of methoxy groups -OCH3 is 1. The first-order chi connectivity index (χ1) is 16.0. The number of carbonyl (C=O) groups is 2. The molecule has 3 aromatic carbocycles. The first kappa shape index (κ1) is 21.8. The van der Waals surface area contributed by atoms with Gasteiger partial charge in [0.1, 0.15) is 11.5 Å². The Morgan fingerprint density at radius 1 is 1.09 bits per heavy atom. The number of phenolic OH excluding ortho intramolecular Hbond substituents is 1. The molecule has 1 aliphatic rings. The molecule has 166 valence electrons. The first-order valence-electron chi connectivity index (χ1n) is 10.5. The van der Waals surface area contributed by atoms with Crippen molar-refractivity contribution in [2.75, 3.05) is 17.3 Å². The number of benzene rings is 3. The van der Waals surface area contributed by atoms with Crippen molar-refractivity contribution in [3.05, 3.63) is 89.6 Å². The van der Waals surface area contributed by atoms with Crippen molar-refractivity contribution in [3.8, 4) is 11.5 Å². The van der Waals surface area contributed by atoms with Gasteiger partial charge in [0.05, 0.1) is 12.8 Å². The molecule has 1 aliphatic heterocycles. The quantitative estimate of drug-likeness (QED) is 0.548. The summed E-state index contributed by atoms with van der Waals surface area (Å²) in [6, 6.07) is 21.3. The number of carbonyl (C=O) groups excluding carboxylic acids is 2. The van der Waals surface area contributed by atoms with Crippen LogP contribution in [0.1, 0.15) is 24.5 Å². The van der Waals surface area contributed by atoms with Crippen LogP contribution in [0, 0.1) is 0 Å². The number of hydrogen-bond acceptors (Lipinski definition) is 5. The third-order valence-corrected chi connectivity index (χ3v) is 5.13. The second kappa shape index (κ2) is 9.40. The summed E-state index contributed by atoms with van der Waals surface area (Å²) in [5, 5.41) is 12.7. The molecule has 0 aliphatic carbocycles. The Morgan fingerprint density at radius 2 is 1.82 bits per heavy atom. The average molecular weight is 441 g/mol. The number of nitrogens with zero attached hydrogens (tertiary/aromatic N) is 2. The predicted octanol–water partition coefficient (Wildman–Crippen LogP) is 4.58. The van der Waals surface area contributed by atoms with Gasteiger partial charge in [0.25, 0.3) is 5.91 Å². The van der Waals surface area contributed by atoms with Gasteiger partial charge in [-0.3, -0.25) is 14.5 Å². The monoisotopic (exact) mass is 441 g/mol. The highest BCUT2D eigenvalue weighted by atomic mass is 16.5. The fraction of sp³-hybridized carbons (Fsp3) is 0.115. The molecule has 3 aromatic rings. The van der Waals surface area contributed by atoms with Crippen LogP contribution in [-0.2, 0) is 9.59 Å². The molecule has 33 heavy (non-hydrogen) atoms. The fourth-order valence-electron chi connectivity index (χ4n) is 3.42. The van der Waals surface area contributed by atoms with E-state index in [0.29, 0.717) is 34.9 Å². The van der Waals surface area contributed by atoms with Crippen molar-refractivity contribution in [2.24, 2.45) is 4.99 Å². The topological polar surface area (TPSA) is 91.2 Å². The maximum atomic E-state index is 13.4. The van der Waals surface area contributed by atoms with E-state index in [4.69, 9.17) is 4.74 Å². The molecule has 2 N–H and O–H groups in total. The molecule has 0 spiro atoms. The number of amidine groups is 1. The fourth-order valence-corrected chi connectivity index (χ4v) is 3.42. The van der Waals surface area contributed by atoms with Crippen LogP contribution in [0.4, 0.5) is 11.4 Å². The Kier molecular flexibility index (Phi) is 6.22. The van der Waals surface area contributed by atoms with E-state index >= 15 is 0 Å². The number of anilines is 2. The molecule has 7 heteroatoms. The molecule has 0 fully saturated rings. The second-order valence-corrected chi connectivity index (χ2v) is 7.35. The summed E-state index contributed by atoms with van der Waals surface area (Å²) >= 11 is 0. The van der Waals surface area contributed by atoms with Gasteiger partial charge in [-0.1, -0.05) is 43.3 Å². The number of nitrogens with one attached hydrogen (secondary N) is 1. The summed E-state index contributed by atoms with van der Waals surface area (Å²) in [5.74, 6) is 0.460. The van der Waals surface area contributed by atoms with E-state index in [2.05, 4.69) is 10.3 Å². The van der Waals surface area contributed by atoms with E-state index in [0.717, 1.165) is 5.56 Å². The minimum atomic E-state index is -0.286. The molecular formula is C26H23N3O4. The molecule has 4 rings (SSSR count). The Balaban J connectivity index is 1.73. The molecule has 2 amide bonds. The maximum absolute atomic E-state index is 13.4. The van der Waals surface area contributed by atoms with Gasteiger partial charge in [-0.15, -0.1) is 0 Å². The van der Waals surface area contributed by atoms with Gasteiger partial charge in [0.2, 0.25) is 5.91 Å². The van der Waals surface area contributed by atoms with Crippen LogP contribution in [0.5, 0.6) is 11.5 Å². The Bertz CT molecular complexity index is 1250. The Hall–Kier alpha value is -4.39. The zero-order chi connectivity index (χ0) is 23.4. The molecule has 0 saturated heterocycles. The van der Waals surface area contributed by atoms with Crippen molar-refractivity contribution >= 4 is 35.1 Å². The van der Waals surface area contributed by atoms with Gasteiger partial charge in [-0.05, 0) is 48.0 Å². The van der Waals surface area contributed by atoms with E-state index in [9.17, 15) is 14.7 Å². The molecule has 1 heterocycles. The van der Waals surface area contributed by atoms with Crippen LogP contribution in [-0.4, -0.2) is 29.9 Å². The molecular weight excluding hydrogens is 418 g/mol. The summed E-state index contributed by atoms with van der Waals surface area (Å²) in [6.07, 6.45) is 2.04. The molecule has 0 bridgehead atoms. The number of ether oxygens (including phenoxy) is 1. The molecule has 0 radical (unpaired) electrons. The highest BCUT2D eigenvalue weighted by molar-refractivity contribution is 6.33. The Labute approximate surface area is 191 Å². The summed E-state index contributed by atoms with van der Waals surface area (Å²) in [7, 11) is 1.46. The van der Waals surface area contributed by atoms with Crippen LogP contribution < -0.4 is 15.0 Å². The van der Waals surface area contributed by atoms with Gasteiger partial charge in [0, 0.05) is 17.7 Å². The van der Waals surface area contributed by atoms with Crippen LogP contribution in [0.3, 0.4) is 0 Å². The van der Waals surface area contributed by atoms with Crippen molar-refractivity contribution in [3.63, 3.8) is 0 Å². The van der Waals surface area contributed by atoms with Crippen LogP contribution >= 0.6 is 0 Å². The lowest BCUT2D eigenvalue weighted by Crippen LogP contribution is -2.32. The molecule has 0 unspecified atom stereocenters. The SMILES string of the molecule is CCC(=O)Nc1ccc(N2C(=O)/C(=C/c3ccc(O)c(OC)c3)N=C2c2ccccc2)cc1. The summed E-state index contributed by atoms with van der Waals surface area (Å²) < 4.78 is 5.16. The zero-order valence-electron chi connectivity index (χ0n) is 18.3. The molecule has 0 atom stereocenters. The van der Waals surface area contributed by atoms with E-state index < -0.39 is 0 Å². The molecule has 7 nitrogen and oxygen atoms in total. The van der Waals surface area contributed by atoms with E-state index in [1.54, 1.807) is 54.3 Å². The van der Waals surface area contributed by atoms with Crippen LogP contribution in [0.2, 0.25) is 0 Å². The predicted molar refractivity (Wildman–Crippen MR) is 128 cm³/mol. The molecule has 0 saturated carbocycles. The largest absolute Gasteiger partial charge is 0.504 e. The standard InChI is InChI=1S/C26H23N3O4/c1-3-24(31)27-19-10-12-20(13-11-19)29-25(18-7-5-4-6-8-18)28-21(26(29)32)15-17-9-14-22(30)23(16-17)33-2/h4-16,30H,3H2,1-2H3,(H,27,31)/b21-15-. The number of aromatic hydroxyl groups is 1. The van der Waals surface area contributed by atoms with Crippen molar-refractivity contribution in [1.82, 2.24) is 0 Å². The summed E-state index contributed by atoms with van der Waals surface area (Å²) in [5.41, 5.74) is 3.00. The van der Waals surface area contributed by atoms with Crippen molar-refractivity contribution in [2.45, 2.75) is 13.3 Å². The van der Waals surface area contributed by atoms with Gasteiger partial charge >= 0.3 is 0 Å². The highest BCUT2D eigenvalue weighted by Gasteiger charge is 2.32. The van der Waals surface area contributed by atoms with Gasteiger partial charge in [-0.2, -0.15) is 0 Å². The third kappa shape index (κ3) is 4.62. The minimum Gasteiger partial charge on any atom is -0.504 e. The van der Waals surface area contributed by atoms with Crippen LogP contribution in [0.15, 0.2) is 83.5 Å². The molecule has 0 aromatic heterocycles. The van der Waals surface area contributed by atoms with Crippen LogP contribution in [0.25, 0.3) is 6.08 Å². The lowest BCUT2D eigenvalue weighted by Gasteiger charge is -2.19. The van der Waals surface area contributed by atoms with Gasteiger partial charge in [-0.25, -0.2) is 4.99 Å². The smallest absolute Gasteiger partial charge is 0.282 e. The Morgan fingerprint density at radius 3 is 2.48 bits per heavy atom. The third-order valence-electron chi connectivity index (χ3n) is 5.13. The summed E-state index contributed by atoms with van der Waals surface area (Å²) in [6.45, 7) is 1.78. The minimum absolute atomic E-state index is 0.0164. The first-order valence-corrected chi connectivity index (χ1v) is 10.5. The van der Waals surface area contributed by atoms with Gasteiger partial charge in [0.15, 0.2) is 11.5 Å². The van der Waals surface area contributed by atoms with Gasteiger partial charge < -0.3 is 15.2 Å². The summed E-state index contributed by atoms with van der Waals surface area (Å²) in [4.78, 5) is 31.3. The van der Waals surface area contributed by atoms with Crippen molar-refractivity contribution < 1.29 is 19.4 Å². The number of rotatable bonds is 6. The lowest BCUT2D eigenvalue weighted by atomic mass is 10.1. The van der Waals surface area contributed by atoms with Crippen molar-refractivity contribution in [1.29, 1.82) is 0 Å². The zero-order valence-corrected chi connectivity index (χ0v) is 18.3. The number of amides is 2.